The molecule has 3 N–H and O–H groups in total. The lowest BCUT2D eigenvalue weighted by Crippen LogP contribution is -2.29. The molecule has 138 valence electrons. The zero-order valence-corrected chi connectivity index (χ0v) is 16.1. The standard InChI is InChI=1S/C17H27ClN2O3.ClH/c1-4-6-9-23-16-14(18)10-13(11-15(16)22-5-2)17(21)20-8-7-12(3)19;/h10-12H,4-9,19H2,1-3H3,(H,20,21);1H. The van der Waals surface area contributed by atoms with E-state index in [1.54, 1.807) is 12.1 Å². The molecule has 0 radical (unpaired) electrons. The monoisotopic (exact) mass is 378 g/mol. The van der Waals surface area contributed by atoms with E-state index in [0.29, 0.717) is 41.8 Å². The van der Waals surface area contributed by atoms with Crippen LogP contribution in [0.25, 0.3) is 0 Å². The van der Waals surface area contributed by atoms with Gasteiger partial charge in [0, 0.05) is 18.2 Å². The summed E-state index contributed by atoms with van der Waals surface area (Å²) in [5.74, 6) is 0.788. The van der Waals surface area contributed by atoms with Gasteiger partial charge in [-0.1, -0.05) is 24.9 Å². The highest BCUT2D eigenvalue weighted by atomic mass is 35.5. The third kappa shape index (κ3) is 7.60. The maximum Gasteiger partial charge on any atom is 0.251 e. The van der Waals surface area contributed by atoms with Gasteiger partial charge in [0.05, 0.1) is 18.2 Å². The summed E-state index contributed by atoms with van der Waals surface area (Å²) >= 11 is 6.27. The number of benzene rings is 1. The molecule has 0 aliphatic carbocycles. The van der Waals surface area contributed by atoms with E-state index in [9.17, 15) is 4.79 Å². The van der Waals surface area contributed by atoms with Crippen molar-refractivity contribution >= 4 is 29.9 Å². The Labute approximate surface area is 155 Å². The summed E-state index contributed by atoms with van der Waals surface area (Å²) in [7, 11) is 0. The topological polar surface area (TPSA) is 73.6 Å². The minimum absolute atomic E-state index is 0. The molecule has 1 rings (SSSR count). The van der Waals surface area contributed by atoms with E-state index in [1.165, 1.54) is 0 Å². The molecule has 0 aliphatic heterocycles. The number of amides is 1. The van der Waals surface area contributed by atoms with Crippen LogP contribution in [0.15, 0.2) is 12.1 Å². The molecule has 1 amide bonds. The Morgan fingerprint density at radius 1 is 1.33 bits per heavy atom. The Kier molecular flexibility index (Phi) is 11.6. The molecule has 1 unspecified atom stereocenters. The summed E-state index contributed by atoms with van der Waals surface area (Å²) in [6.07, 6.45) is 2.68. The van der Waals surface area contributed by atoms with Gasteiger partial charge >= 0.3 is 0 Å². The Hall–Kier alpha value is -1.17. The molecule has 1 aromatic rings. The molecule has 1 atom stereocenters. The SMILES string of the molecule is CCCCOc1c(Cl)cc(C(=O)NCCC(C)N)cc1OCC.Cl. The van der Waals surface area contributed by atoms with Gasteiger partial charge in [0.2, 0.25) is 0 Å². The summed E-state index contributed by atoms with van der Waals surface area (Å²) in [5.41, 5.74) is 6.12. The van der Waals surface area contributed by atoms with E-state index in [2.05, 4.69) is 12.2 Å². The summed E-state index contributed by atoms with van der Waals surface area (Å²) in [4.78, 5) is 12.2. The van der Waals surface area contributed by atoms with Gasteiger partial charge < -0.3 is 20.5 Å². The minimum atomic E-state index is -0.200. The van der Waals surface area contributed by atoms with Crippen LogP contribution in [0.4, 0.5) is 0 Å². The highest BCUT2D eigenvalue weighted by Crippen LogP contribution is 2.36. The van der Waals surface area contributed by atoms with Gasteiger partial charge in [0.1, 0.15) is 0 Å². The van der Waals surface area contributed by atoms with Crippen molar-refractivity contribution in [2.45, 2.75) is 46.1 Å². The van der Waals surface area contributed by atoms with Crippen LogP contribution in [-0.2, 0) is 0 Å². The Morgan fingerprint density at radius 3 is 2.62 bits per heavy atom. The first-order valence-corrected chi connectivity index (χ1v) is 8.50. The number of ether oxygens (including phenoxy) is 2. The average molecular weight is 379 g/mol. The zero-order valence-electron chi connectivity index (χ0n) is 14.6. The largest absolute Gasteiger partial charge is 0.490 e. The predicted molar refractivity (Wildman–Crippen MR) is 101 cm³/mol. The second kappa shape index (κ2) is 12.2. The fourth-order valence-corrected chi connectivity index (χ4v) is 2.20. The quantitative estimate of drug-likeness (QED) is 0.607. The first-order chi connectivity index (χ1) is 11.0. The maximum absolute atomic E-state index is 12.2. The number of halogens is 2. The van der Waals surface area contributed by atoms with Crippen molar-refractivity contribution < 1.29 is 14.3 Å². The van der Waals surface area contributed by atoms with Crippen molar-refractivity contribution in [3.8, 4) is 11.5 Å². The molecule has 0 bridgehead atoms. The molecule has 0 saturated heterocycles. The summed E-state index contributed by atoms with van der Waals surface area (Å²) in [5, 5.41) is 3.20. The third-order valence-corrected chi connectivity index (χ3v) is 3.48. The van der Waals surface area contributed by atoms with Gasteiger partial charge in [-0.3, -0.25) is 4.79 Å². The Balaban J connectivity index is 0.00000529. The molecule has 1 aromatic carbocycles. The second-order valence-electron chi connectivity index (χ2n) is 5.44. The first kappa shape index (κ1) is 22.8. The Bertz CT molecular complexity index is 511. The summed E-state index contributed by atoms with van der Waals surface area (Å²) < 4.78 is 11.3. The van der Waals surface area contributed by atoms with Gasteiger partial charge in [-0.25, -0.2) is 0 Å². The van der Waals surface area contributed by atoms with Crippen LogP contribution in [0.3, 0.4) is 0 Å². The third-order valence-electron chi connectivity index (χ3n) is 3.20. The minimum Gasteiger partial charge on any atom is -0.490 e. The highest BCUT2D eigenvalue weighted by molar-refractivity contribution is 6.32. The van der Waals surface area contributed by atoms with Crippen molar-refractivity contribution in [3.63, 3.8) is 0 Å². The van der Waals surface area contributed by atoms with Crippen LogP contribution in [0.5, 0.6) is 11.5 Å². The van der Waals surface area contributed by atoms with Crippen molar-refractivity contribution in [1.29, 1.82) is 0 Å². The number of unbranched alkanes of at least 4 members (excludes halogenated alkanes) is 1. The molecule has 0 spiro atoms. The van der Waals surface area contributed by atoms with E-state index in [-0.39, 0.29) is 24.4 Å². The highest BCUT2D eigenvalue weighted by Gasteiger charge is 2.16. The van der Waals surface area contributed by atoms with E-state index >= 15 is 0 Å². The first-order valence-electron chi connectivity index (χ1n) is 8.12. The number of rotatable bonds is 10. The van der Waals surface area contributed by atoms with E-state index in [4.69, 9.17) is 26.8 Å². The molecule has 5 nitrogen and oxygen atoms in total. The van der Waals surface area contributed by atoms with E-state index < -0.39 is 0 Å². The fourth-order valence-electron chi connectivity index (χ4n) is 1.94. The molecular weight excluding hydrogens is 351 g/mol. The van der Waals surface area contributed by atoms with Crippen LogP contribution in [0, 0.1) is 0 Å². The van der Waals surface area contributed by atoms with Crippen LogP contribution >= 0.6 is 24.0 Å². The maximum atomic E-state index is 12.2. The molecule has 24 heavy (non-hydrogen) atoms. The summed E-state index contributed by atoms with van der Waals surface area (Å²) in [6, 6.07) is 3.32. The lowest BCUT2D eigenvalue weighted by molar-refractivity contribution is 0.0952. The van der Waals surface area contributed by atoms with E-state index in [0.717, 1.165) is 19.3 Å². The van der Waals surface area contributed by atoms with Crippen LogP contribution in [0.1, 0.15) is 50.4 Å². The number of carbonyl (C=O) groups excluding carboxylic acids is 1. The lowest BCUT2D eigenvalue weighted by atomic mass is 10.1. The van der Waals surface area contributed by atoms with Gasteiger partial charge in [-0.05, 0) is 38.8 Å². The van der Waals surface area contributed by atoms with Crippen LogP contribution < -0.4 is 20.5 Å². The predicted octanol–water partition coefficient (Wildman–Crippen LogP) is 3.81. The van der Waals surface area contributed by atoms with Crippen LogP contribution in [-0.4, -0.2) is 31.7 Å². The number of carbonyl (C=O) groups is 1. The second-order valence-corrected chi connectivity index (χ2v) is 5.85. The van der Waals surface area contributed by atoms with E-state index in [1.807, 2.05) is 13.8 Å². The summed E-state index contributed by atoms with van der Waals surface area (Å²) in [6.45, 7) is 7.42. The van der Waals surface area contributed by atoms with Crippen molar-refractivity contribution in [3.05, 3.63) is 22.7 Å². The molecule has 0 heterocycles. The lowest BCUT2D eigenvalue weighted by Gasteiger charge is -2.15. The molecule has 0 fully saturated rings. The van der Waals surface area contributed by atoms with Crippen molar-refractivity contribution in [1.82, 2.24) is 5.32 Å². The van der Waals surface area contributed by atoms with Crippen molar-refractivity contribution in [2.75, 3.05) is 19.8 Å². The smallest absolute Gasteiger partial charge is 0.251 e. The number of nitrogens with one attached hydrogen (secondary N) is 1. The molecular formula is C17H28Cl2N2O3. The van der Waals surface area contributed by atoms with Gasteiger partial charge in [0.25, 0.3) is 5.91 Å². The van der Waals surface area contributed by atoms with Gasteiger partial charge in [0.15, 0.2) is 11.5 Å². The molecule has 0 aromatic heterocycles. The normalized spacial score (nSPS) is 11.4. The zero-order chi connectivity index (χ0) is 17.2. The van der Waals surface area contributed by atoms with Crippen molar-refractivity contribution in [2.24, 2.45) is 5.73 Å². The number of hydrogen-bond donors (Lipinski definition) is 2. The average Bonchev–Trinajstić information content (AvgIpc) is 2.49. The molecule has 0 aliphatic rings. The van der Waals surface area contributed by atoms with Crippen LogP contribution in [0.2, 0.25) is 5.02 Å². The fraction of sp³-hybridized carbons (Fsp3) is 0.588. The molecule has 0 saturated carbocycles. The van der Waals surface area contributed by atoms with Gasteiger partial charge in [-0.2, -0.15) is 0 Å². The van der Waals surface area contributed by atoms with Gasteiger partial charge in [-0.15, -0.1) is 12.4 Å². The molecule has 7 heteroatoms. The number of hydrogen-bond acceptors (Lipinski definition) is 4. The Morgan fingerprint density at radius 2 is 2.04 bits per heavy atom. The number of nitrogens with two attached hydrogens (primary N) is 1.